The first-order chi connectivity index (χ1) is 15.4. The Kier molecular flexibility index (Phi) is 6.77. The van der Waals surface area contributed by atoms with E-state index in [1.165, 1.54) is 0 Å². The van der Waals surface area contributed by atoms with E-state index in [0.717, 1.165) is 40.5 Å². The zero-order valence-corrected chi connectivity index (χ0v) is 19.2. The standard InChI is InChI=1S/C24H24ClN3O3S/c1-15-21(32-23(27-15)16-8-10-18(25)11-9-16)13-26-22(29)17-5-4-12-28(14-17)20-7-3-2-6-19(20)24(30)31/h2-3,6-11,17H,4-5,12-14H2,1H3,(H,26,29)(H,30,31)/t17-/m1/s1. The number of para-hydroxylation sites is 1. The number of carboxylic acid groups (broad SMARTS) is 1. The fraction of sp³-hybridized carbons (Fsp3) is 0.292. The van der Waals surface area contributed by atoms with Gasteiger partial charge in [-0.25, -0.2) is 9.78 Å². The molecule has 0 unspecified atom stereocenters. The van der Waals surface area contributed by atoms with E-state index in [9.17, 15) is 14.7 Å². The van der Waals surface area contributed by atoms with Gasteiger partial charge in [-0.1, -0.05) is 35.9 Å². The normalized spacial score (nSPS) is 16.1. The van der Waals surface area contributed by atoms with Crippen molar-refractivity contribution in [1.82, 2.24) is 10.3 Å². The Morgan fingerprint density at radius 3 is 2.72 bits per heavy atom. The van der Waals surface area contributed by atoms with Crippen LogP contribution < -0.4 is 10.2 Å². The molecule has 8 heteroatoms. The van der Waals surface area contributed by atoms with Crippen LogP contribution in [0.2, 0.25) is 5.02 Å². The summed E-state index contributed by atoms with van der Waals surface area (Å²) >= 11 is 7.54. The first-order valence-corrected chi connectivity index (χ1v) is 11.7. The molecule has 2 aromatic carbocycles. The van der Waals surface area contributed by atoms with Crippen molar-refractivity contribution in [2.75, 3.05) is 18.0 Å². The Morgan fingerprint density at radius 2 is 1.97 bits per heavy atom. The number of aromatic nitrogens is 1. The number of amides is 1. The van der Waals surface area contributed by atoms with Crippen molar-refractivity contribution in [2.45, 2.75) is 26.3 Å². The van der Waals surface area contributed by atoms with Gasteiger partial charge in [0.05, 0.1) is 29.4 Å². The highest BCUT2D eigenvalue weighted by molar-refractivity contribution is 7.15. The maximum atomic E-state index is 12.9. The summed E-state index contributed by atoms with van der Waals surface area (Å²) < 4.78 is 0. The van der Waals surface area contributed by atoms with Gasteiger partial charge in [0.15, 0.2) is 0 Å². The highest BCUT2D eigenvalue weighted by atomic mass is 35.5. The minimum atomic E-state index is -0.954. The summed E-state index contributed by atoms with van der Waals surface area (Å²) in [6, 6.07) is 14.5. The van der Waals surface area contributed by atoms with E-state index >= 15 is 0 Å². The number of thiazole rings is 1. The highest BCUT2D eigenvalue weighted by Gasteiger charge is 2.28. The lowest BCUT2D eigenvalue weighted by atomic mass is 9.96. The van der Waals surface area contributed by atoms with Crippen molar-refractivity contribution in [1.29, 1.82) is 0 Å². The van der Waals surface area contributed by atoms with Gasteiger partial charge < -0.3 is 15.3 Å². The Morgan fingerprint density at radius 1 is 1.22 bits per heavy atom. The van der Waals surface area contributed by atoms with Crippen molar-refractivity contribution in [3.05, 3.63) is 69.7 Å². The monoisotopic (exact) mass is 469 g/mol. The van der Waals surface area contributed by atoms with Gasteiger partial charge in [-0.15, -0.1) is 11.3 Å². The quantitative estimate of drug-likeness (QED) is 0.530. The van der Waals surface area contributed by atoms with Crippen LogP contribution in [0.15, 0.2) is 48.5 Å². The molecule has 0 bridgehead atoms. The third-order valence-corrected chi connectivity index (χ3v) is 7.13. The van der Waals surface area contributed by atoms with Crippen LogP contribution in [0.3, 0.4) is 0 Å². The summed E-state index contributed by atoms with van der Waals surface area (Å²) in [5.41, 5.74) is 2.84. The second kappa shape index (κ2) is 9.71. The van der Waals surface area contributed by atoms with Crippen LogP contribution >= 0.6 is 22.9 Å². The molecule has 3 aromatic rings. The van der Waals surface area contributed by atoms with E-state index in [4.69, 9.17) is 11.6 Å². The fourth-order valence-electron chi connectivity index (χ4n) is 3.96. The molecule has 1 aliphatic heterocycles. The number of anilines is 1. The first kappa shape index (κ1) is 22.3. The van der Waals surface area contributed by atoms with Gasteiger partial charge in [-0.2, -0.15) is 0 Å². The van der Waals surface area contributed by atoms with Gasteiger partial charge in [0.25, 0.3) is 0 Å². The topological polar surface area (TPSA) is 82.5 Å². The molecule has 166 valence electrons. The van der Waals surface area contributed by atoms with Crippen LogP contribution in [-0.4, -0.2) is 35.1 Å². The van der Waals surface area contributed by atoms with E-state index in [1.807, 2.05) is 48.2 Å². The number of aromatic carboxylic acids is 1. The number of nitrogens with zero attached hydrogens (tertiary/aromatic N) is 2. The maximum Gasteiger partial charge on any atom is 0.337 e. The molecular weight excluding hydrogens is 446 g/mol. The van der Waals surface area contributed by atoms with Gasteiger partial charge in [0, 0.05) is 28.6 Å². The van der Waals surface area contributed by atoms with Crippen molar-refractivity contribution >= 4 is 40.5 Å². The molecule has 1 aromatic heterocycles. The van der Waals surface area contributed by atoms with Crippen molar-refractivity contribution < 1.29 is 14.7 Å². The molecule has 1 aliphatic rings. The molecular formula is C24H24ClN3O3S. The van der Waals surface area contributed by atoms with Crippen molar-refractivity contribution in [2.24, 2.45) is 5.92 Å². The van der Waals surface area contributed by atoms with E-state index in [-0.39, 0.29) is 17.4 Å². The predicted octanol–water partition coefficient (Wildman–Crippen LogP) is 5.00. The lowest BCUT2D eigenvalue weighted by molar-refractivity contribution is -0.125. The first-order valence-electron chi connectivity index (χ1n) is 10.5. The Hall–Kier alpha value is -2.90. The molecule has 0 spiro atoms. The van der Waals surface area contributed by atoms with Crippen molar-refractivity contribution in [3.8, 4) is 10.6 Å². The number of hydrogen-bond donors (Lipinski definition) is 2. The average molecular weight is 470 g/mol. The van der Waals surface area contributed by atoms with Gasteiger partial charge in [-0.05, 0) is 44.0 Å². The summed E-state index contributed by atoms with van der Waals surface area (Å²) in [6.07, 6.45) is 1.63. The molecule has 1 amide bonds. The van der Waals surface area contributed by atoms with E-state index in [1.54, 1.807) is 23.5 Å². The number of benzene rings is 2. The summed E-state index contributed by atoms with van der Waals surface area (Å²) in [4.78, 5) is 32.2. The summed E-state index contributed by atoms with van der Waals surface area (Å²) in [5, 5.41) is 14.1. The molecule has 6 nitrogen and oxygen atoms in total. The molecule has 0 aliphatic carbocycles. The lowest BCUT2D eigenvalue weighted by Gasteiger charge is -2.34. The van der Waals surface area contributed by atoms with Crippen LogP contribution in [0.4, 0.5) is 5.69 Å². The largest absolute Gasteiger partial charge is 0.478 e. The predicted molar refractivity (Wildman–Crippen MR) is 127 cm³/mol. The Bertz CT molecular complexity index is 1130. The van der Waals surface area contributed by atoms with Crippen molar-refractivity contribution in [3.63, 3.8) is 0 Å². The smallest absolute Gasteiger partial charge is 0.337 e. The van der Waals surface area contributed by atoms with Gasteiger partial charge in [0.1, 0.15) is 5.01 Å². The third-order valence-electron chi connectivity index (χ3n) is 5.67. The Labute approximate surface area is 195 Å². The Balaban J connectivity index is 1.40. The molecule has 1 fully saturated rings. The zero-order chi connectivity index (χ0) is 22.7. The van der Waals surface area contributed by atoms with Crippen LogP contribution in [0.25, 0.3) is 10.6 Å². The minimum absolute atomic E-state index is 0.0108. The van der Waals surface area contributed by atoms with Crippen LogP contribution in [0.5, 0.6) is 0 Å². The van der Waals surface area contributed by atoms with Crippen LogP contribution in [0.1, 0.15) is 33.8 Å². The molecule has 2 heterocycles. The lowest BCUT2D eigenvalue weighted by Crippen LogP contribution is -2.43. The number of carbonyl (C=O) groups excluding carboxylic acids is 1. The van der Waals surface area contributed by atoms with Gasteiger partial charge >= 0.3 is 5.97 Å². The number of aryl methyl sites for hydroxylation is 1. The SMILES string of the molecule is Cc1nc(-c2ccc(Cl)cc2)sc1CNC(=O)[C@@H]1CCCN(c2ccccc2C(=O)O)C1. The van der Waals surface area contributed by atoms with Crippen LogP contribution in [-0.2, 0) is 11.3 Å². The van der Waals surface area contributed by atoms with E-state index < -0.39 is 5.97 Å². The highest BCUT2D eigenvalue weighted by Crippen LogP contribution is 2.30. The molecule has 0 radical (unpaired) electrons. The minimum Gasteiger partial charge on any atom is -0.478 e. The zero-order valence-electron chi connectivity index (χ0n) is 17.7. The number of hydrogen-bond acceptors (Lipinski definition) is 5. The molecule has 32 heavy (non-hydrogen) atoms. The van der Waals surface area contributed by atoms with Gasteiger partial charge in [0.2, 0.25) is 5.91 Å². The number of piperidine rings is 1. The average Bonchev–Trinajstić information content (AvgIpc) is 3.18. The van der Waals surface area contributed by atoms with Gasteiger partial charge in [-0.3, -0.25) is 4.79 Å². The molecule has 0 saturated carbocycles. The molecule has 4 rings (SSSR count). The molecule has 1 saturated heterocycles. The number of carboxylic acids is 1. The molecule has 2 N–H and O–H groups in total. The number of rotatable bonds is 6. The number of halogens is 1. The third kappa shape index (κ3) is 4.95. The number of carbonyl (C=O) groups is 2. The summed E-state index contributed by atoms with van der Waals surface area (Å²) in [7, 11) is 0. The summed E-state index contributed by atoms with van der Waals surface area (Å²) in [5.74, 6) is -1.15. The molecule has 1 atom stereocenters. The fourth-order valence-corrected chi connectivity index (χ4v) is 5.09. The second-order valence-corrected chi connectivity index (χ2v) is 9.38. The van der Waals surface area contributed by atoms with E-state index in [0.29, 0.717) is 23.8 Å². The number of nitrogens with one attached hydrogen (secondary N) is 1. The maximum absolute atomic E-state index is 12.9. The van der Waals surface area contributed by atoms with E-state index in [2.05, 4.69) is 10.3 Å². The second-order valence-electron chi connectivity index (χ2n) is 7.86. The summed E-state index contributed by atoms with van der Waals surface area (Å²) in [6.45, 7) is 3.63. The van der Waals surface area contributed by atoms with Crippen LogP contribution in [0, 0.1) is 12.8 Å².